The van der Waals surface area contributed by atoms with Crippen LogP contribution in [0.2, 0.25) is 5.02 Å². The van der Waals surface area contributed by atoms with Crippen molar-refractivity contribution in [1.82, 2.24) is 0 Å². The first-order valence-electron chi connectivity index (χ1n) is 8.92. The maximum absolute atomic E-state index is 13.0. The smallest absolute Gasteiger partial charge is 0.263 e. The van der Waals surface area contributed by atoms with Crippen molar-refractivity contribution in [1.29, 1.82) is 0 Å². The molecule has 1 amide bonds. The van der Waals surface area contributed by atoms with Crippen molar-refractivity contribution in [2.24, 2.45) is 0 Å². The minimum atomic E-state index is -3.98. The van der Waals surface area contributed by atoms with Crippen LogP contribution in [-0.2, 0) is 10.0 Å². The molecule has 0 unspecified atom stereocenters. The average molecular weight is 429 g/mol. The number of halogens is 1. The Morgan fingerprint density at radius 2 is 1.66 bits per heavy atom. The predicted octanol–water partition coefficient (Wildman–Crippen LogP) is 5.03. The highest BCUT2D eigenvalue weighted by atomic mass is 35.5. The first-order chi connectivity index (χ1) is 13.7. The lowest BCUT2D eigenvalue weighted by atomic mass is 10.1. The van der Waals surface area contributed by atoms with Crippen LogP contribution in [0.15, 0.2) is 71.6 Å². The molecule has 1 N–H and O–H groups in total. The summed E-state index contributed by atoms with van der Waals surface area (Å²) in [7, 11) is -2.35. The lowest BCUT2D eigenvalue weighted by Crippen LogP contribution is -2.26. The summed E-state index contributed by atoms with van der Waals surface area (Å²) in [6, 6.07) is 18.7. The average Bonchev–Trinajstić information content (AvgIpc) is 2.70. The summed E-state index contributed by atoms with van der Waals surface area (Å²) >= 11 is 6.17. The lowest BCUT2D eigenvalue weighted by molar-refractivity contribution is 0.0993. The summed E-state index contributed by atoms with van der Waals surface area (Å²) < 4.78 is 28.5. The summed E-state index contributed by atoms with van der Waals surface area (Å²) in [5, 5.41) is 0.0428. The van der Waals surface area contributed by atoms with Gasteiger partial charge >= 0.3 is 0 Å². The number of carbonyl (C=O) groups excluding carboxylic acids is 1. The fourth-order valence-corrected chi connectivity index (χ4v) is 4.59. The molecule has 0 aliphatic heterocycles. The molecule has 0 aromatic heterocycles. The van der Waals surface area contributed by atoms with Crippen molar-refractivity contribution in [3.8, 4) is 0 Å². The van der Waals surface area contributed by atoms with Crippen LogP contribution in [0.3, 0.4) is 0 Å². The second-order valence-corrected chi connectivity index (χ2v) is 8.83. The van der Waals surface area contributed by atoms with E-state index in [-0.39, 0.29) is 21.4 Å². The van der Waals surface area contributed by atoms with Crippen LogP contribution >= 0.6 is 11.6 Å². The van der Waals surface area contributed by atoms with Crippen LogP contribution in [0.25, 0.3) is 0 Å². The van der Waals surface area contributed by atoms with E-state index >= 15 is 0 Å². The Morgan fingerprint density at radius 1 is 0.966 bits per heavy atom. The molecule has 0 bridgehead atoms. The summed E-state index contributed by atoms with van der Waals surface area (Å²) in [6.07, 6.45) is 0. The van der Waals surface area contributed by atoms with Crippen LogP contribution in [0.4, 0.5) is 11.4 Å². The van der Waals surface area contributed by atoms with Crippen molar-refractivity contribution in [2.45, 2.75) is 18.7 Å². The Balaban J connectivity index is 1.95. The van der Waals surface area contributed by atoms with E-state index in [9.17, 15) is 13.2 Å². The third kappa shape index (κ3) is 4.60. The van der Waals surface area contributed by atoms with Gasteiger partial charge in [0.25, 0.3) is 15.9 Å². The van der Waals surface area contributed by atoms with Gasteiger partial charge in [-0.25, -0.2) is 8.42 Å². The number of amides is 1. The first kappa shape index (κ1) is 20.9. The molecule has 7 heteroatoms. The third-order valence-electron chi connectivity index (χ3n) is 4.54. The number of hydrogen-bond acceptors (Lipinski definition) is 3. The number of aryl methyl sites for hydroxylation is 2. The molecule has 3 aromatic rings. The predicted molar refractivity (Wildman–Crippen MR) is 117 cm³/mol. The van der Waals surface area contributed by atoms with Crippen molar-refractivity contribution in [3.63, 3.8) is 0 Å². The quantitative estimate of drug-likeness (QED) is 0.619. The van der Waals surface area contributed by atoms with Crippen molar-refractivity contribution < 1.29 is 13.2 Å². The molecule has 5 nitrogen and oxygen atoms in total. The van der Waals surface area contributed by atoms with Gasteiger partial charge in [-0.1, -0.05) is 47.5 Å². The van der Waals surface area contributed by atoms with Gasteiger partial charge in [0.2, 0.25) is 0 Å². The van der Waals surface area contributed by atoms with Crippen LogP contribution in [0, 0.1) is 13.8 Å². The van der Waals surface area contributed by atoms with E-state index in [0.29, 0.717) is 11.4 Å². The van der Waals surface area contributed by atoms with Gasteiger partial charge in [-0.3, -0.25) is 9.52 Å². The van der Waals surface area contributed by atoms with Gasteiger partial charge in [0.15, 0.2) is 0 Å². The number of benzene rings is 3. The van der Waals surface area contributed by atoms with E-state index in [1.807, 2.05) is 44.2 Å². The number of hydrogen-bond donors (Lipinski definition) is 1. The van der Waals surface area contributed by atoms with E-state index < -0.39 is 10.0 Å². The number of nitrogens with zero attached hydrogens (tertiary/aromatic N) is 1. The van der Waals surface area contributed by atoms with Crippen LogP contribution in [0.1, 0.15) is 21.5 Å². The monoisotopic (exact) mass is 428 g/mol. The summed E-state index contributed by atoms with van der Waals surface area (Å²) in [5.74, 6) is -0.337. The van der Waals surface area contributed by atoms with E-state index in [1.165, 1.54) is 23.1 Å². The Kier molecular flexibility index (Phi) is 5.96. The fraction of sp³-hybridized carbons (Fsp3) is 0.136. The van der Waals surface area contributed by atoms with E-state index in [0.717, 1.165) is 11.1 Å². The molecule has 0 atom stereocenters. The molecular weight excluding hydrogens is 408 g/mol. The second-order valence-electron chi connectivity index (χ2n) is 6.77. The number of carbonyl (C=O) groups is 1. The number of sulfonamides is 1. The molecule has 0 heterocycles. The molecule has 0 radical (unpaired) electrons. The SMILES string of the molecule is Cc1ccc(NS(=O)(=O)c2cc(C(=O)N(C)c3ccccc3)ccc2Cl)c(C)c1. The summed E-state index contributed by atoms with van der Waals surface area (Å²) in [6.45, 7) is 3.75. The second kappa shape index (κ2) is 8.27. The number of nitrogens with one attached hydrogen (secondary N) is 1. The molecule has 29 heavy (non-hydrogen) atoms. The highest BCUT2D eigenvalue weighted by molar-refractivity contribution is 7.92. The van der Waals surface area contributed by atoms with Crippen molar-refractivity contribution in [3.05, 3.63) is 88.4 Å². The molecule has 0 saturated heterocycles. The molecule has 3 rings (SSSR count). The van der Waals surface area contributed by atoms with Crippen molar-refractivity contribution in [2.75, 3.05) is 16.7 Å². The minimum absolute atomic E-state index is 0.0428. The standard InChI is InChI=1S/C22H21ClN2O3S/c1-15-9-12-20(16(2)13-15)24-29(27,28)21-14-17(10-11-19(21)23)22(26)25(3)18-7-5-4-6-8-18/h4-14,24H,1-3H3. The molecule has 0 saturated carbocycles. The van der Waals surface area contributed by atoms with Gasteiger partial charge in [0, 0.05) is 18.3 Å². The molecule has 3 aromatic carbocycles. The highest BCUT2D eigenvalue weighted by Gasteiger charge is 2.22. The number of anilines is 2. The van der Waals surface area contributed by atoms with Crippen LogP contribution < -0.4 is 9.62 Å². The van der Waals surface area contributed by atoms with E-state index in [1.54, 1.807) is 25.2 Å². The maximum atomic E-state index is 13.0. The van der Waals surface area contributed by atoms with Crippen LogP contribution in [0.5, 0.6) is 0 Å². The van der Waals surface area contributed by atoms with E-state index in [4.69, 9.17) is 11.6 Å². The van der Waals surface area contributed by atoms with Gasteiger partial charge in [-0.15, -0.1) is 0 Å². The third-order valence-corrected chi connectivity index (χ3v) is 6.39. The van der Waals surface area contributed by atoms with E-state index in [2.05, 4.69) is 4.72 Å². The van der Waals surface area contributed by atoms with Gasteiger partial charge in [0.05, 0.1) is 10.7 Å². The Morgan fingerprint density at radius 3 is 2.31 bits per heavy atom. The van der Waals surface area contributed by atoms with Crippen LogP contribution in [-0.4, -0.2) is 21.4 Å². The normalized spacial score (nSPS) is 11.2. The molecule has 150 valence electrons. The Labute approximate surface area is 176 Å². The van der Waals surface area contributed by atoms with Gasteiger partial charge < -0.3 is 4.90 Å². The van der Waals surface area contributed by atoms with Crippen molar-refractivity contribution >= 4 is 38.9 Å². The topological polar surface area (TPSA) is 66.5 Å². The molecule has 0 fully saturated rings. The lowest BCUT2D eigenvalue weighted by Gasteiger charge is -2.18. The number of para-hydroxylation sites is 1. The van der Waals surface area contributed by atoms with Gasteiger partial charge in [-0.05, 0) is 55.8 Å². The highest BCUT2D eigenvalue weighted by Crippen LogP contribution is 2.27. The van der Waals surface area contributed by atoms with Gasteiger partial charge in [-0.2, -0.15) is 0 Å². The number of rotatable bonds is 5. The summed E-state index contributed by atoms with van der Waals surface area (Å²) in [5.41, 5.74) is 3.21. The Hall–Kier alpha value is -2.83. The Bertz CT molecular complexity index is 1160. The fourth-order valence-electron chi connectivity index (χ4n) is 2.93. The zero-order valence-electron chi connectivity index (χ0n) is 16.3. The zero-order chi connectivity index (χ0) is 21.2. The maximum Gasteiger partial charge on any atom is 0.263 e. The molecular formula is C22H21ClN2O3S. The largest absolute Gasteiger partial charge is 0.311 e. The molecule has 0 spiro atoms. The zero-order valence-corrected chi connectivity index (χ0v) is 17.9. The summed E-state index contributed by atoms with van der Waals surface area (Å²) in [4.78, 5) is 14.2. The van der Waals surface area contributed by atoms with Gasteiger partial charge in [0.1, 0.15) is 4.90 Å². The minimum Gasteiger partial charge on any atom is -0.311 e. The molecule has 0 aliphatic carbocycles. The first-order valence-corrected chi connectivity index (χ1v) is 10.8. The molecule has 0 aliphatic rings.